The molecule has 0 radical (unpaired) electrons. The van der Waals surface area contributed by atoms with Crippen LogP contribution >= 0.6 is 0 Å². The molecule has 1 fully saturated rings. The first kappa shape index (κ1) is 15.0. The van der Waals surface area contributed by atoms with E-state index in [1.165, 1.54) is 5.56 Å². The lowest BCUT2D eigenvalue weighted by atomic mass is 10.1. The van der Waals surface area contributed by atoms with Gasteiger partial charge >= 0.3 is 0 Å². The van der Waals surface area contributed by atoms with E-state index < -0.39 is 0 Å². The molecule has 0 bridgehead atoms. The summed E-state index contributed by atoms with van der Waals surface area (Å²) in [6, 6.07) is 8.76. The van der Waals surface area contributed by atoms with Crippen molar-refractivity contribution in [3.8, 4) is 0 Å². The summed E-state index contributed by atoms with van der Waals surface area (Å²) in [5.74, 6) is 0. The minimum absolute atomic E-state index is 0.221. The second-order valence-corrected chi connectivity index (χ2v) is 6.23. The standard InChI is InChI=1S/C17H26N2O2/c1-2-14(12-20)18-7-9-19(10-8-18)16-11-13-5-3-4-6-15(13)17(16)21/h3-6,14,16-17,20-21H,2,7-12H2,1H3/t14-,16-,17+/m1/s1. The van der Waals surface area contributed by atoms with Gasteiger partial charge in [-0.05, 0) is 24.0 Å². The summed E-state index contributed by atoms with van der Waals surface area (Å²) >= 11 is 0. The molecule has 21 heavy (non-hydrogen) atoms. The number of hydrogen-bond acceptors (Lipinski definition) is 4. The Morgan fingerprint density at radius 3 is 2.52 bits per heavy atom. The van der Waals surface area contributed by atoms with Crippen LogP contribution in [0.2, 0.25) is 0 Å². The molecule has 4 nitrogen and oxygen atoms in total. The predicted octanol–water partition coefficient (Wildman–Crippen LogP) is 1.03. The monoisotopic (exact) mass is 290 g/mol. The smallest absolute Gasteiger partial charge is 0.0951 e. The van der Waals surface area contributed by atoms with Crippen molar-refractivity contribution in [2.24, 2.45) is 0 Å². The van der Waals surface area contributed by atoms with Crippen LogP contribution in [-0.2, 0) is 6.42 Å². The zero-order valence-corrected chi connectivity index (χ0v) is 12.8. The molecular formula is C17H26N2O2. The molecule has 3 rings (SSSR count). The van der Waals surface area contributed by atoms with Crippen molar-refractivity contribution >= 4 is 0 Å². The van der Waals surface area contributed by atoms with Gasteiger partial charge < -0.3 is 10.2 Å². The SMILES string of the molecule is CC[C@H](CO)N1CCN([C@@H]2Cc3ccccc3[C@@H]2O)CC1. The zero-order chi connectivity index (χ0) is 14.8. The van der Waals surface area contributed by atoms with Crippen LogP contribution in [-0.4, -0.2) is 64.9 Å². The first-order chi connectivity index (χ1) is 10.2. The van der Waals surface area contributed by atoms with Gasteiger partial charge in [0.05, 0.1) is 12.7 Å². The number of piperazine rings is 1. The van der Waals surface area contributed by atoms with Gasteiger partial charge in [0.25, 0.3) is 0 Å². The minimum Gasteiger partial charge on any atom is -0.395 e. The van der Waals surface area contributed by atoms with Crippen LogP contribution in [0.3, 0.4) is 0 Å². The molecule has 3 atom stereocenters. The third kappa shape index (κ3) is 2.86. The van der Waals surface area contributed by atoms with E-state index in [4.69, 9.17) is 0 Å². The molecule has 1 saturated heterocycles. The van der Waals surface area contributed by atoms with E-state index in [9.17, 15) is 10.2 Å². The fourth-order valence-corrected chi connectivity index (χ4v) is 3.82. The van der Waals surface area contributed by atoms with Crippen molar-refractivity contribution in [3.63, 3.8) is 0 Å². The molecule has 0 unspecified atom stereocenters. The van der Waals surface area contributed by atoms with Gasteiger partial charge in [0.15, 0.2) is 0 Å². The lowest BCUT2D eigenvalue weighted by Gasteiger charge is -2.41. The third-order valence-corrected chi connectivity index (χ3v) is 5.18. The van der Waals surface area contributed by atoms with E-state index in [0.29, 0.717) is 0 Å². The molecule has 2 aliphatic rings. The summed E-state index contributed by atoms with van der Waals surface area (Å²) in [7, 11) is 0. The minimum atomic E-state index is -0.354. The summed E-state index contributed by atoms with van der Waals surface area (Å²) < 4.78 is 0. The van der Waals surface area contributed by atoms with Gasteiger partial charge in [0.2, 0.25) is 0 Å². The number of nitrogens with zero attached hydrogens (tertiary/aromatic N) is 2. The van der Waals surface area contributed by atoms with E-state index >= 15 is 0 Å². The molecule has 0 saturated carbocycles. The van der Waals surface area contributed by atoms with Crippen LogP contribution in [0.4, 0.5) is 0 Å². The van der Waals surface area contributed by atoms with Crippen LogP contribution in [0.15, 0.2) is 24.3 Å². The van der Waals surface area contributed by atoms with Crippen LogP contribution < -0.4 is 0 Å². The highest BCUT2D eigenvalue weighted by Crippen LogP contribution is 2.34. The molecule has 1 aliphatic carbocycles. The fraction of sp³-hybridized carbons (Fsp3) is 0.647. The Bertz CT molecular complexity index is 468. The molecule has 1 aromatic carbocycles. The van der Waals surface area contributed by atoms with Crippen molar-refractivity contribution in [3.05, 3.63) is 35.4 Å². The Balaban J connectivity index is 1.61. The van der Waals surface area contributed by atoms with Crippen LogP contribution in [0, 0.1) is 0 Å². The number of fused-ring (bicyclic) bond motifs is 1. The fourth-order valence-electron chi connectivity index (χ4n) is 3.82. The number of aliphatic hydroxyl groups excluding tert-OH is 2. The van der Waals surface area contributed by atoms with Gasteiger partial charge in [0, 0.05) is 38.3 Å². The highest BCUT2D eigenvalue weighted by molar-refractivity contribution is 5.35. The number of aliphatic hydroxyl groups is 2. The molecule has 0 aromatic heterocycles. The van der Waals surface area contributed by atoms with E-state index in [-0.39, 0.29) is 24.8 Å². The Kier molecular flexibility index (Phi) is 4.60. The van der Waals surface area contributed by atoms with Gasteiger partial charge in [-0.1, -0.05) is 31.2 Å². The summed E-state index contributed by atoms with van der Waals surface area (Å²) in [6.45, 7) is 6.30. The number of rotatable bonds is 4. The van der Waals surface area contributed by atoms with Gasteiger partial charge in [-0.25, -0.2) is 0 Å². The van der Waals surface area contributed by atoms with Crippen LogP contribution in [0.25, 0.3) is 0 Å². The number of hydrogen-bond donors (Lipinski definition) is 2. The van der Waals surface area contributed by atoms with Crippen molar-refractivity contribution in [2.75, 3.05) is 32.8 Å². The maximum absolute atomic E-state index is 10.6. The summed E-state index contributed by atoms with van der Waals surface area (Å²) in [6.07, 6.45) is 1.59. The largest absolute Gasteiger partial charge is 0.395 e. The Morgan fingerprint density at radius 2 is 1.90 bits per heavy atom. The Hall–Kier alpha value is -0.940. The molecule has 1 aliphatic heterocycles. The summed E-state index contributed by atoms with van der Waals surface area (Å²) in [5.41, 5.74) is 2.39. The Labute approximate surface area is 127 Å². The molecule has 1 aromatic rings. The van der Waals surface area contributed by atoms with Crippen LogP contribution in [0.1, 0.15) is 30.6 Å². The van der Waals surface area contributed by atoms with Crippen molar-refractivity contribution < 1.29 is 10.2 Å². The normalized spacial score (nSPS) is 28.5. The summed E-state index contributed by atoms with van der Waals surface area (Å²) in [5, 5.41) is 20.0. The van der Waals surface area contributed by atoms with Gasteiger partial charge in [-0.15, -0.1) is 0 Å². The molecule has 0 amide bonds. The lowest BCUT2D eigenvalue weighted by molar-refractivity contribution is 0.00755. The van der Waals surface area contributed by atoms with Gasteiger partial charge in [0.1, 0.15) is 0 Å². The topological polar surface area (TPSA) is 46.9 Å². The van der Waals surface area contributed by atoms with Gasteiger partial charge in [-0.2, -0.15) is 0 Å². The van der Waals surface area contributed by atoms with Crippen LogP contribution in [0.5, 0.6) is 0 Å². The first-order valence-corrected chi connectivity index (χ1v) is 8.09. The molecule has 116 valence electrons. The quantitative estimate of drug-likeness (QED) is 0.869. The lowest BCUT2D eigenvalue weighted by Crippen LogP contribution is -2.54. The highest BCUT2D eigenvalue weighted by atomic mass is 16.3. The van der Waals surface area contributed by atoms with Gasteiger partial charge in [-0.3, -0.25) is 9.80 Å². The van der Waals surface area contributed by atoms with Crippen molar-refractivity contribution in [2.45, 2.75) is 38.0 Å². The molecular weight excluding hydrogens is 264 g/mol. The zero-order valence-electron chi connectivity index (χ0n) is 12.8. The third-order valence-electron chi connectivity index (χ3n) is 5.18. The van der Waals surface area contributed by atoms with Crippen molar-refractivity contribution in [1.29, 1.82) is 0 Å². The Morgan fingerprint density at radius 1 is 1.19 bits per heavy atom. The maximum atomic E-state index is 10.6. The highest BCUT2D eigenvalue weighted by Gasteiger charge is 2.36. The van der Waals surface area contributed by atoms with E-state index in [1.54, 1.807) is 0 Å². The molecule has 0 spiro atoms. The second-order valence-electron chi connectivity index (χ2n) is 6.23. The van der Waals surface area contributed by atoms with E-state index in [0.717, 1.165) is 44.6 Å². The molecule has 1 heterocycles. The first-order valence-electron chi connectivity index (χ1n) is 8.09. The second kappa shape index (κ2) is 6.44. The maximum Gasteiger partial charge on any atom is 0.0951 e. The van der Waals surface area contributed by atoms with E-state index in [2.05, 4.69) is 34.9 Å². The number of benzene rings is 1. The predicted molar refractivity (Wildman–Crippen MR) is 83.2 cm³/mol. The average molecular weight is 290 g/mol. The average Bonchev–Trinajstić information content (AvgIpc) is 2.87. The van der Waals surface area contributed by atoms with E-state index in [1.807, 2.05) is 6.07 Å². The van der Waals surface area contributed by atoms with Crippen molar-refractivity contribution in [1.82, 2.24) is 9.80 Å². The molecule has 4 heteroatoms. The molecule has 2 N–H and O–H groups in total. The summed E-state index contributed by atoms with van der Waals surface area (Å²) in [4.78, 5) is 4.80.